The Kier molecular flexibility index (Phi) is 7.22. The molecule has 2 aromatic carbocycles. The van der Waals surface area contributed by atoms with Gasteiger partial charge in [-0.05, 0) is 48.9 Å². The van der Waals surface area contributed by atoms with Gasteiger partial charge in [-0.3, -0.25) is 4.79 Å². The molecule has 0 aliphatic heterocycles. The number of esters is 1. The number of amides is 1. The molecule has 0 radical (unpaired) electrons. The van der Waals surface area contributed by atoms with Crippen molar-refractivity contribution in [3.63, 3.8) is 0 Å². The highest BCUT2D eigenvalue weighted by molar-refractivity contribution is 7.90. The number of sulfone groups is 1. The molecular weight excluding hydrogens is 398 g/mol. The predicted octanol–water partition coefficient (Wildman–Crippen LogP) is 1.97. The normalized spacial score (nSPS) is 12.0. The molecule has 1 amide bonds. The van der Waals surface area contributed by atoms with Crippen LogP contribution in [0.2, 0.25) is 0 Å². The van der Waals surface area contributed by atoms with Crippen LogP contribution in [0.25, 0.3) is 0 Å². The van der Waals surface area contributed by atoms with Crippen LogP contribution in [0.5, 0.6) is 11.5 Å². The lowest BCUT2D eigenvalue weighted by atomic mass is 10.2. The van der Waals surface area contributed by atoms with E-state index in [1.807, 2.05) is 0 Å². The molecule has 0 aromatic heterocycles. The number of ether oxygens (including phenoxy) is 3. The van der Waals surface area contributed by atoms with Crippen LogP contribution in [0.1, 0.15) is 22.8 Å². The third-order valence-electron chi connectivity index (χ3n) is 4.09. The molecule has 0 saturated heterocycles. The number of methoxy groups -OCH3 is 2. The highest BCUT2D eigenvalue weighted by atomic mass is 32.2. The van der Waals surface area contributed by atoms with Gasteiger partial charge in [0.2, 0.25) is 0 Å². The molecule has 1 N–H and O–H groups in total. The van der Waals surface area contributed by atoms with Crippen molar-refractivity contribution in [3.8, 4) is 11.5 Å². The molecule has 0 saturated carbocycles. The number of hydrogen-bond donors (Lipinski definition) is 1. The molecular formula is C20H23NO7S. The van der Waals surface area contributed by atoms with E-state index in [0.29, 0.717) is 11.5 Å². The van der Waals surface area contributed by atoms with Gasteiger partial charge in [-0.2, -0.15) is 0 Å². The van der Waals surface area contributed by atoms with E-state index in [4.69, 9.17) is 14.2 Å². The second-order valence-corrected chi connectivity index (χ2v) is 8.27. The average Bonchev–Trinajstić information content (AvgIpc) is 2.70. The van der Waals surface area contributed by atoms with Crippen LogP contribution < -0.4 is 14.8 Å². The summed E-state index contributed by atoms with van der Waals surface area (Å²) in [6.07, 6.45) is 0.0442. The molecule has 0 aliphatic carbocycles. The molecule has 0 aliphatic rings. The number of carbonyl (C=O) groups excluding carboxylic acids is 2. The molecule has 0 heterocycles. The van der Waals surface area contributed by atoms with Crippen LogP contribution in [0.4, 0.5) is 0 Å². The van der Waals surface area contributed by atoms with E-state index in [1.165, 1.54) is 45.4 Å². The summed E-state index contributed by atoms with van der Waals surface area (Å²) in [5, 5.41) is 2.68. The van der Waals surface area contributed by atoms with Gasteiger partial charge in [0, 0.05) is 12.8 Å². The van der Waals surface area contributed by atoms with Gasteiger partial charge in [-0.15, -0.1) is 0 Å². The van der Waals surface area contributed by atoms with Crippen molar-refractivity contribution in [1.29, 1.82) is 0 Å². The minimum atomic E-state index is -3.36. The van der Waals surface area contributed by atoms with E-state index < -0.39 is 27.8 Å². The monoisotopic (exact) mass is 421 g/mol. The zero-order valence-electron chi connectivity index (χ0n) is 16.6. The first-order valence-electron chi connectivity index (χ1n) is 8.65. The highest BCUT2D eigenvalue weighted by Crippen LogP contribution is 2.27. The van der Waals surface area contributed by atoms with Gasteiger partial charge in [0.15, 0.2) is 27.4 Å². The van der Waals surface area contributed by atoms with Crippen molar-refractivity contribution in [2.45, 2.75) is 24.5 Å². The maximum absolute atomic E-state index is 12.2. The highest BCUT2D eigenvalue weighted by Gasteiger charge is 2.19. The first-order chi connectivity index (χ1) is 13.7. The maximum Gasteiger partial charge on any atom is 0.338 e. The van der Waals surface area contributed by atoms with Crippen molar-refractivity contribution >= 4 is 21.7 Å². The second-order valence-electron chi connectivity index (χ2n) is 6.25. The van der Waals surface area contributed by atoms with Gasteiger partial charge in [-0.1, -0.05) is 6.07 Å². The molecule has 156 valence electrons. The van der Waals surface area contributed by atoms with Gasteiger partial charge in [-0.25, -0.2) is 13.2 Å². The maximum atomic E-state index is 12.2. The molecule has 0 unspecified atom stereocenters. The lowest BCUT2D eigenvalue weighted by Crippen LogP contribution is -2.35. The Bertz CT molecular complexity index is 984. The van der Waals surface area contributed by atoms with Crippen molar-refractivity contribution in [2.75, 3.05) is 20.5 Å². The first kappa shape index (κ1) is 22.2. The minimum absolute atomic E-state index is 0.0924. The minimum Gasteiger partial charge on any atom is -0.493 e. The van der Waals surface area contributed by atoms with Gasteiger partial charge in [0.1, 0.15) is 0 Å². The topological polar surface area (TPSA) is 108 Å². The third-order valence-corrected chi connectivity index (χ3v) is 5.21. The first-order valence-corrected chi connectivity index (χ1v) is 10.5. The largest absolute Gasteiger partial charge is 0.493 e. The Labute approximate surface area is 169 Å². The molecule has 0 bridgehead atoms. The fourth-order valence-corrected chi connectivity index (χ4v) is 3.07. The summed E-state index contributed by atoms with van der Waals surface area (Å²) in [4.78, 5) is 24.5. The lowest BCUT2D eigenvalue weighted by Gasteiger charge is -2.14. The van der Waals surface area contributed by atoms with Crippen LogP contribution >= 0.6 is 0 Å². The fraction of sp³-hybridized carbons (Fsp3) is 0.300. The molecule has 2 rings (SSSR count). The summed E-state index contributed by atoms with van der Waals surface area (Å²) >= 11 is 0. The molecule has 29 heavy (non-hydrogen) atoms. The fourth-order valence-electron chi connectivity index (χ4n) is 2.44. The summed E-state index contributed by atoms with van der Waals surface area (Å²) in [5.41, 5.74) is 0.933. The number of carbonyl (C=O) groups is 2. The van der Waals surface area contributed by atoms with Crippen LogP contribution in [0.3, 0.4) is 0 Å². The number of nitrogens with one attached hydrogen (secondary N) is 1. The summed E-state index contributed by atoms with van der Waals surface area (Å²) in [7, 11) is -0.308. The molecule has 8 nitrogen and oxygen atoms in total. The van der Waals surface area contributed by atoms with Gasteiger partial charge < -0.3 is 19.5 Å². The summed E-state index contributed by atoms with van der Waals surface area (Å²) in [6, 6.07) is 10.5. The van der Waals surface area contributed by atoms with Gasteiger partial charge >= 0.3 is 5.97 Å². The molecule has 0 spiro atoms. The van der Waals surface area contributed by atoms with Crippen molar-refractivity contribution in [3.05, 3.63) is 53.6 Å². The lowest BCUT2D eigenvalue weighted by molar-refractivity contribution is -0.129. The Balaban J connectivity index is 1.94. The summed E-state index contributed by atoms with van der Waals surface area (Å²) < 4.78 is 38.5. The van der Waals surface area contributed by atoms with Gasteiger partial charge in [0.05, 0.1) is 24.7 Å². The number of hydrogen-bond acceptors (Lipinski definition) is 7. The zero-order chi connectivity index (χ0) is 21.6. The smallest absolute Gasteiger partial charge is 0.338 e. The van der Waals surface area contributed by atoms with Crippen LogP contribution in [-0.4, -0.2) is 46.9 Å². The predicted molar refractivity (Wildman–Crippen MR) is 106 cm³/mol. The Morgan fingerprint density at radius 3 is 2.17 bits per heavy atom. The Morgan fingerprint density at radius 1 is 1.00 bits per heavy atom. The van der Waals surface area contributed by atoms with Crippen LogP contribution in [0.15, 0.2) is 47.4 Å². The number of benzene rings is 2. The van der Waals surface area contributed by atoms with E-state index in [1.54, 1.807) is 18.2 Å². The SMILES string of the molecule is COc1ccc(CNC(=O)[C@H](C)OC(=O)c2ccc(S(C)(=O)=O)cc2)cc1OC. The molecule has 2 aromatic rings. The van der Waals surface area contributed by atoms with Crippen LogP contribution in [0, 0.1) is 0 Å². The van der Waals surface area contributed by atoms with Crippen molar-refractivity contribution in [1.82, 2.24) is 5.32 Å². The van der Waals surface area contributed by atoms with Crippen molar-refractivity contribution < 1.29 is 32.2 Å². The van der Waals surface area contributed by atoms with E-state index in [2.05, 4.69) is 5.32 Å². The van der Waals surface area contributed by atoms with E-state index in [0.717, 1.165) is 11.8 Å². The zero-order valence-corrected chi connectivity index (χ0v) is 17.4. The summed E-state index contributed by atoms with van der Waals surface area (Å²) in [6.45, 7) is 1.66. The quantitative estimate of drug-likeness (QED) is 0.649. The van der Waals surface area contributed by atoms with E-state index >= 15 is 0 Å². The average molecular weight is 421 g/mol. The second kappa shape index (κ2) is 9.42. The van der Waals surface area contributed by atoms with Crippen molar-refractivity contribution in [2.24, 2.45) is 0 Å². The van der Waals surface area contributed by atoms with E-state index in [9.17, 15) is 18.0 Å². The standard InChI is InChI=1S/C20H23NO7S/c1-13(28-20(23)15-6-8-16(9-7-15)29(4,24)25)19(22)21-12-14-5-10-17(26-2)18(11-14)27-3/h5-11,13H,12H2,1-4H3,(H,21,22)/t13-/m0/s1. The molecule has 0 fully saturated rings. The third kappa shape index (κ3) is 5.95. The Hall–Kier alpha value is -3.07. The number of rotatable bonds is 8. The summed E-state index contributed by atoms with van der Waals surface area (Å²) in [5.74, 6) is -0.0808. The van der Waals surface area contributed by atoms with E-state index in [-0.39, 0.29) is 17.0 Å². The molecule has 1 atom stereocenters. The molecule has 9 heteroatoms. The van der Waals surface area contributed by atoms with Gasteiger partial charge in [0.25, 0.3) is 5.91 Å². The Morgan fingerprint density at radius 2 is 1.62 bits per heavy atom. The van der Waals surface area contributed by atoms with Crippen LogP contribution in [-0.2, 0) is 25.9 Å².